The zero-order chi connectivity index (χ0) is 19.8. The monoisotopic (exact) mass is 380 g/mol. The molecule has 3 N–H and O–H groups in total. The molecule has 0 radical (unpaired) electrons. The second-order valence-electron chi connectivity index (χ2n) is 6.46. The van der Waals surface area contributed by atoms with Gasteiger partial charge in [0.15, 0.2) is 0 Å². The van der Waals surface area contributed by atoms with Gasteiger partial charge in [0.1, 0.15) is 23.2 Å². The summed E-state index contributed by atoms with van der Waals surface area (Å²) in [5.74, 6) is -0.334. The molecule has 3 aromatic rings. The van der Waals surface area contributed by atoms with Crippen molar-refractivity contribution in [1.29, 1.82) is 5.41 Å². The molecule has 0 atom stereocenters. The number of halogens is 1. The van der Waals surface area contributed by atoms with Gasteiger partial charge in [0.05, 0.1) is 35.8 Å². The van der Waals surface area contributed by atoms with E-state index in [-0.39, 0.29) is 24.0 Å². The molecule has 0 saturated carbocycles. The summed E-state index contributed by atoms with van der Waals surface area (Å²) < 4.78 is 18.1. The van der Waals surface area contributed by atoms with Gasteiger partial charge in [-0.25, -0.2) is 14.2 Å². The molecule has 1 aliphatic rings. The number of fused-ring (bicyclic) bond motifs is 1. The Morgan fingerprint density at radius 3 is 2.79 bits per heavy atom. The molecule has 1 aromatic heterocycles. The predicted octanol–water partition coefficient (Wildman–Crippen LogP) is 3.25. The molecule has 2 aromatic carbocycles. The van der Waals surface area contributed by atoms with E-state index in [1.165, 1.54) is 19.2 Å². The summed E-state index contributed by atoms with van der Waals surface area (Å²) in [7, 11) is 1.32. The number of imidazole rings is 1. The number of rotatable bonds is 4. The fourth-order valence-electron chi connectivity index (χ4n) is 3.20. The number of benzene rings is 2. The van der Waals surface area contributed by atoms with Crippen LogP contribution >= 0.6 is 0 Å². The van der Waals surface area contributed by atoms with Gasteiger partial charge in [0, 0.05) is 6.54 Å². The molecule has 0 fully saturated rings. The van der Waals surface area contributed by atoms with E-state index in [4.69, 9.17) is 5.41 Å². The van der Waals surface area contributed by atoms with Crippen LogP contribution in [-0.2, 0) is 11.3 Å². The van der Waals surface area contributed by atoms with E-state index >= 15 is 0 Å². The number of ether oxygens (including phenoxy) is 1. The predicted molar refractivity (Wildman–Crippen MR) is 102 cm³/mol. The van der Waals surface area contributed by atoms with Crippen LogP contribution in [0.4, 0.5) is 4.39 Å². The van der Waals surface area contributed by atoms with Crippen molar-refractivity contribution in [2.24, 2.45) is 0 Å². The number of nitrogens with one attached hydrogen (secondary N) is 2. The lowest BCUT2D eigenvalue weighted by Gasteiger charge is -2.18. The van der Waals surface area contributed by atoms with Crippen LogP contribution in [0.3, 0.4) is 0 Å². The van der Waals surface area contributed by atoms with Gasteiger partial charge in [0.2, 0.25) is 0 Å². The van der Waals surface area contributed by atoms with Crippen molar-refractivity contribution in [3.05, 3.63) is 71.0 Å². The van der Waals surface area contributed by atoms with Gasteiger partial charge < -0.3 is 19.7 Å². The number of H-pyrrole nitrogens is 1. The molecule has 0 saturated heterocycles. The lowest BCUT2D eigenvalue weighted by Crippen LogP contribution is -2.26. The minimum absolute atomic E-state index is 0.0238. The quantitative estimate of drug-likeness (QED) is 0.603. The van der Waals surface area contributed by atoms with Gasteiger partial charge in [-0.3, -0.25) is 5.41 Å². The van der Waals surface area contributed by atoms with Crippen LogP contribution in [-0.4, -0.2) is 45.4 Å². The average Bonchev–Trinajstić information content (AvgIpc) is 3.21. The van der Waals surface area contributed by atoms with Crippen molar-refractivity contribution in [2.45, 2.75) is 6.54 Å². The molecule has 28 heavy (non-hydrogen) atoms. The van der Waals surface area contributed by atoms with E-state index < -0.39 is 5.97 Å². The highest BCUT2D eigenvalue weighted by molar-refractivity contribution is 6.23. The number of aliphatic hydroxyl groups is 1. The summed E-state index contributed by atoms with van der Waals surface area (Å²) in [5.41, 5.74) is 2.67. The number of nitrogens with zero attached hydrogens (tertiary/aromatic N) is 2. The van der Waals surface area contributed by atoms with E-state index in [2.05, 4.69) is 14.7 Å². The van der Waals surface area contributed by atoms with Crippen molar-refractivity contribution in [3.63, 3.8) is 0 Å². The van der Waals surface area contributed by atoms with Crippen LogP contribution in [0.25, 0.3) is 16.6 Å². The molecule has 0 unspecified atom stereocenters. The van der Waals surface area contributed by atoms with E-state index in [1.807, 2.05) is 0 Å². The highest BCUT2D eigenvalue weighted by atomic mass is 19.1. The number of hydrogen-bond donors (Lipinski definition) is 3. The molecule has 142 valence electrons. The molecule has 0 spiro atoms. The van der Waals surface area contributed by atoms with Gasteiger partial charge in [-0.05, 0) is 35.9 Å². The van der Waals surface area contributed by atoms with Crippen molar-refractivity contribution in [3.8, 4) is 0 Å². The van der Waals surface area contributed by atoms with Crippen molar-refractivity contribution in [2.75, 3.05) is 13.7 Å². The van der Waals surface area contributed by atoms with Crippen molar-refractivity contribution >= 4 is 28.4 Å². The van der Waals surface area contributed by atoms with Crippen LogP contribution in [0, 0.1) is 11.2 Å². The summed E-state index contributed by atoms with van der Waals surface area (Å²) in [6.07, 6.45) is 0. The van der Waals surface area contributed by atoms with Gasteiger partial charge >= 0.3 is 5.97 Å². The molecule has 1 aliphatic heterocycles. The topological polar surface area (TPSA) is 102 Å². The maximum atomic E-state index is 13.4. The fraction of sp³-hybridized carbons (Fsp3) is 0.150. The Bertz CT molecular complexity index is 1120. The average molecular weight is 380 g/mol. The summed E-state index contributed by atoms with van der Waals surface area (Å²) >= 11 is 0. The van der Waals surface area contributed by atoms with E-state index in [1.54, 1.807) is 35.2 Å². The minimum Gasteiger partial charge on any atom is -0.510 e. The summed E-state index contributed by atoms with van der Waals surface area (Å²) in [6, 6.07) is 11.0. The number of methoxy groups -OCH3 is 1. The first-order valence-electron chi connectivity index (χ1n) is 8.55. The number of carbonyl (C=O) groups is 1. The molecular formula is C20H17FN4O3. The van der Waals surface area contributed by atoms with Crippen LogP contribution < -0.4 is 0 Å². The standard InChI is InChI=1S/C20H17FN4O3/c1-28-20(27)12-4-2-11(3-5-12)9-25-10-16(26)17(18(25)22)19-23-14-7-6-13(21)8-15(14)24-19/h2-8,22,26H,9-10H2,1H3,(H,23,24). The number of carbonyl (C=O) groups excluding carboxylic acids is 1. The molecule has 2 heterocycles. The second kappa shape index (κ2) is 6.80. The number of aromatic amines is 1. The number of aliphatic hydroxyl groups excluding tert-OH is 1. The largest absolute Gasteiger partial charge is 0.510 e. The Morgan fingerprint density at radius 1 is 1.32 bits per heavy atom. The Labute approximate surface area is 159 Å². The normalized spacial score (nSPS) is 14.2. The first kappa shape index (κ1) is 17.7. The highest BCUT2D eigenvalue weighted by Gasteiger charge is 2.30. The number of hydrogen-bond acceptors (Lipinski definition) is 5. The number of amidine groups is 1. The smallest absolute Gasteiger partial charge is 0.337 e. The fourth-order valence-corrected chi connectivity index (χ4v) is 3.20. The summed E-state index contributed by atoms with van der Waals surface area (Å²) in [5, 5.41) is 18.8. The molecule has 8 heteroatoms. The third-order valence-corrected chi connectivity index (χ3v) is 4.61. The Hall–Kier alpha value is -3.68. The van der Waals surface area contributed by atoms with Gasteiger partial charge in [-0.15, -0.1) is 0 Å². The summed E-state index contributed by atoms with van der Waals surface area (Å²) in [4.78, 5) is 20.5. The number of aromatic nitrogens is 2. The third kappa shape index (κ3) is 3.09. The highest BCUT2D eigenvalue weighted by Crippen LogP contribution is 2.28. The second-order valence-corrected chi connectivity index (χ2v) is 6.46. The molecule has 0 amide bonds. The zero-order valence-corrected chi connectivity index (χ0v) is 15.0. The van der Waals surface area contributed by atoms with Gasteiger partial charge in [-0.1, -0.05) is 12.1 Å². The van der Waals surface area contributed by atoms with Crippen LogP contribution in [0.15, 0.2) is 48.2 Å². The van der Waals surface area contributed by atoms with E-state index in [0.29, 0.717) is 34.5 Å². The SMILES string of the molecule is COC(=O)c1ccc(CN2CC(O)=C(c3nc4ccc(F)cc4[nH]3)C2=N)cc1. The molecule has 4 rings (SSSR count). The molecular weight excluding hydrogens is 363 g/mol. The van der Waals surface area contributed by atoms with Crippen LogP contribution in [0.1, 0.15) is 21.7 Å². The third-order valence-electron chi connectivity index (χ3n) is 4.61. The number of esters is 1. The first-order chi connectivity index (χ1) is 13.5. The van der Waals surface area contributed by atoms with Crippen LogP contribution in [0.2, 0.25) is 0 Å². The van der Waals surface area contributed by atoms with Crippen molar-refractivity contribution in [1.82, 2.24) is 14.9 Å². The maximum Gasteiger partial charge on any atom is 0.337 e. The lowest BCUT2D eigenvalue weighted by atomic mass is 10.1. The van der Waals surface area contributed by atoms with Crippen LogP contribution in [0.5, 0.6) is 0 Å². The zero-order valence-electron chi connectivity index (χ0n) is 15.0. The molecule has 7 nitrogen and oxygen atoms in total. The molecule has 0 bridgehead atoms. The van der Waals surface area contributed by atoms with Gasteiger partial charge in [-0.2, -0.15) is 0 Å². The maximum absolute atomic E-state index is 13.4. The first-order valence-corrected chi connectivity index (χ1v) is 8.55. The molecule has 0 aliphatic carbocycles. The van der Waals surface area contributed by atoms with Gasteiger partial charge in [0.25, 0.3) is 0 Å². The Morgan fingerprint density at radius 2 is 2.07 bits per heavy atom. The lowest BCUT2D eigenvalue weighted by molar-refractivity contribution is 0.0600. The van der Waals surface area contributed by atoms with Crippen molar-refractivity contribution < 1.29 is 19.0 Å². The Balaban J connectivity index is 1.55. The summed E-state index contributed by atoms with van der Waals surface area (Å²) in [6.45, 7) is 0.543. The Kier molecular flexibility index (Phi) is 4.31. The van der Waals surface area contributed by atoms with E-state index in [0.717, 1.165) is 5.56 Å². The minimum atomic E-state index is -0.414. The van der Waals surface area contributed by atoms with E-state index in [9.17, 15) is 14.3 Å².